The number of carbonyl (C=O) groups is 1. The molecule has 0 aromatic heterocycles. The maximum atomic E-state index is 13.2. The Morgan fingerprint density at radius 2 is 1.81 bits per heavy atom. The van der Waals surface area contributed by atoms with Gasteiger partial charge in [-0.3, -0.25) is 9.69 Å². The highest BCUT2D eigenvalue weighted by atomic mass is 16.5. The highest BCUT2D eigenvalue weighted by Crippen LogP contribution is 2.44. The van der Waals surface area contributed by atoms with E-state index in [1.54, 1.807) is 38.3 Å². The average molecular weight is 441 g/mol. The highest BCUT2D eigenvalue weighted by molar-refractivity contribution is 6.16. The fraction of sp³-hybridized carbons (Fsp3) is 0.375. The molecule has 170 valence electrons. The first kappa shape index (κ1) is 22.0. The number of aromatic hydroxyl groups is 1. The average Bonchev–Trinajstić information content (AvgIpc) is 3.13. The first-order valence-corrected chi connectivity index (χ1v) is 10.4. The Bertz CT molecular complexity index is 1070. The van der Waals surface area contributed by atoms with Crippen LogP contribution in [0.2, 0.25) is 0 Å². The van der Waals surface area contributed by atoms with E-state index in [1.165, 1.54) is 14.2 Å². The number of rotatable bonds is 6. The van der Waals surface area contributed by atoms with Crippen molar-refractivity contribution in [2.45, 2.75) is 13.5 Å². The van der Waals surface area contributed by atoms with E-state index in [0.717, 1.165) is 13.1 Å². The third-order valence-corrected chi connectivity index (χ3v) is 5.73. The Balaban J connectivity index is 1.74. The van der Waals surface area contributed by atoms with Crippen LogP contribution in [0.15, 0.2) is 24.0 Å². The van der Waals surface area contributed by atoms with Gasteiger partial charge in [0.2, 0.25) is 11.5 Å². The fourth-order valence-corrected chi connectivity index (χ4v) is 4.09. The van der Waals surface area contributed by atoms with Gasteiger partial charge in [-0.05, 0) is 36.8 Å². The number of phenolic OH excluding ortho intramolecular Hbond substituents is 1. The monoisotopic (exact) mass is 441 g/mol. The van der Waals surface area contributed by atoms with Gasteiger partial charge < -0.3 is 28.8 Å². The largest absolute Gasteiger partial charge is 0.507 e. The summed E-state index contributed by atoms with van der Waals surface area (Å²) in [5, 5.41) is 10.6. The molecule has 0 unspecified atom stereocenters. The van der Waals surface area contributed by atoms with Gasteiger partial charge in [-0.15, -0.1) is 0 Å². The van der Waals surface area contributed by atoms with Gasteiger partial charge in [0.1, 0.15) is 11.5 Å². The van der Waals surface area contributed by atoms with Gasteiger partial charge >= 0.3 is 0 Å². The summed E-state index contributed by atoms with van der Waals surface area (Å²) in [6.45, 7) is 5.04. The van der Waals surface area contributed by atoms with Crippen LogP contribution in [0.3, 0.4) is 0 Å². The summed E-state index contributed by atoms with van der Waals surface area (Å²) in [7, 11) is 4.59. The molecular weight excluding hydrogens is 414 g/mol. The number of allylic oxidation sites excluding steroid dienone is 1. The lowest BCUT2D eigenvalue weighted by Gasteiger charge is -2.27. The quantitative estimate of drug-likeness (QED) is 0.684. The Labute approximate surface area is 186 Å². The van der Waals surface area contributed by atoms with Gasteiger partial charge in [-0.25, -0.2) is 0 Å². The summed E-state index contributed by atoms with van der Waals surface area (Å²) in [4.78, 5) is 15.4. The third-order valence-electron chi connectivity index (χ3n) is 5.73. The molecule has 0 radical (unpaired) electrons. The van der Waals surface area contributed by atoms with Gasteiger partial charge in [-0.1, -0.05) is 0 Å². The number of hydrogen-bond acceptors (Lipinski definition) is 8. The topological polar surface area (TPSA) is 86.7 Å². The van der Waals surface area contributed by atoms with Crippen molar-refractivity contribution in [1.82, 2.24) is 4.90 Å². The number of benzene rings is 2. The molecule has 32 heavy (non-hydrogen) atoms. The molecule has 8 heteroatoms. The zero-order valence-electron chi connectivity index (χ0n) is 18.7. The SMILES string of the molecule is COc1ccc(/C=C2\Oc3c(CN4CCOCC4)c(O)cc(C)c3C2=O)c(OC)c1OC. The van der Waals surface area contributed by atoms with E-state index < -0.39 is 0 Å². The van der Waals surface area contributed by atoms with Crippen LogP contribution in [0.5, 0.6) is 28.7 Å². The van der Waals surface area contributed by atoms with E-state index in [0.29, 0.717) is 65.0 Å². The molecule has 1 N–H and O–H groups in total. The zero-order valence-corrected chi connectivity index (χ0v) is 18.7. The minimum absolute atomic E-state index is 0.116. The number of ether oxygens (including phenoxy) is 5. The van der Waals surface area contributed by atoms with Crippen LogP contribution in [0, 0.1) is 6.92 Å². The number of nitrogens with zero attached hydrogens (tertiary/aromatic N) is 1. The summed E-state index contributed by atoms with van der Waals surface area (Å²) >= 11 is 0. The molecule has 0 amide bonds. The number of Topliss-reactive ketones (excluding diaryl/α,β-unsaturated/α-hetero) is 1. The summed E-state index contributed by atoms with van der Waals surface area (Å²) in [5.41, 5.74) is 2.34. The Kier molecular flexibility index (Phi) is 6.25. The van der Waals surface area contributed by atoms with Crippen LogP contribution in [0.25, 0.3) is 6.08 Å². The number of ketones is 1. The second-order valence-corrected chi connectivity index (χ2v) is 7.65. The molecule has 0 saturated carbocycles. The van der Waals surface area contributed by atoms with Crippen LogP contribution in [-0.4, -0.2) is 63.4 Å². The number of methoxy groups -OCH3 is 3. The predicted octanol–water partition coefficient (Wildman–Crippen LogP) is 3.17. The minimum Gasteiger partial charge on any atom is -0.507 e. The first-order chi connectivity index (χ1) is 15.5. The van der Waals surface area contributed by atoms with Crippen molar-refractivity contribution in [2.75, 3.05) is 47.6 Å². The zero-order chi connectivity index (χ0) is 22.8. The molecule has 0 bridgehead atoms. The van der Waals surface area contributed by atoms with Crippen molar-refractivity contribution < 1.29 is 33.6 Å². The highest BCUT2D eigenvalue weighted by Gasteiger charge is 2.34. The smallest absolute Gasteiger partial charge is 0.232 e. The van der Waals surface area contributed by atoms with Crippen LogP contribution < -0.4 is 18.9 Å². The van der Waals surface area contributed by atoms with Gasteiger partial charge in [0.25, 0.3) is 0 Å². The van der Waals surface area contributed by atoms with Crippen molar-refractivity contribution in [1.29, 1.82) is 0 Å². The number of carbonyl (C=O) groups excluding carboxylic acids is 1. The standard InChI is InChI=1S/C24H27NO7/c1-14-11-17(26)16(13-25-7-9-31-10-8-25)23-20(14)21(27)19(32-23)12-15-5-6-18(28-2)24(30-4)22(15)29-3/h5-6,11-12,26H,7-10,13H2,1-4H3/b19-12-. The fourth-order valence-electron chi connectivity index (χ4n) is 4.09. The minimum atomic E-state index is -0.238. The molecule has 2 aromatic rings. The third kappa shape index (κ3) is 3.87. The lowest BCUT2D eigenvalue weighted by molar-refractivity contribution is 0.0336. The number of hydrogen-bond donors (Lipinski definition) is 1. The van der Waals surface area contributed by atoms with E-state index >= 15 is 0 Å². The molecule has 2 heterocycles. The molecule has 8 nitrogen and oxygen atoms in total. The second-order valence-electron chi connectivity index (χ2n) is 7.65. The van der Waals surface area contributed by atoms with Crippen LogP contribution in [-0.2, 0) is 11.3 Å². The molecule has 2 aromatic carbocycles. The Hall–Kier alpha value is -3.23. The molecule has 1 fully saturated rings. The van der Waals surface area contributed by atoms with Crippen molar-refractivity contribution in [3.8, 4) is 28.7 Å². The molecule has 2 aliphatic rings. The lowest BCUT2D eigenvalue weighted by Crippen LogP contribution is -2.35. The predicted molar refractivity (Wildman–Crippen MR) is 118 cm³/mol. The van der Waals surface area contributed by atoms with Crippen LogP contribution in [0.4, 0.5) is 0 Å². The summed E-state index contributed by atoms with van der Waals surface area (Å²) < 4.78 is 27.7. The van der Waals surface area contributed by atoms with E-state index in [-0.39, 0.29) is 17.3 Å². The second kappa shape index (κ2) is 9.10. The summed E-state index contributed by atoms with van der Waals surface area (Å²) in [6.07, 6.45) is 1.62. The van der Waals surface area contributed by atoms with E-state index in [2.05, 4.69) is 4.90 Å². The maximum Gasteiger partial charge on any atom is 0.232 e. The summed E-state index contributed by atoms with van der Waals surface area (Å²) in [5.74, 6) is 1.81. The van der Waals surface area contributed by atoms with Crippen molar-refractivity contribution in [3.63, 3.8) is 0 Å². The normalized spacial score (nSPS) is 17.2. The van der Waals surface area contributed by atoms with Crippen molar-refractivity contribution in [2.24, 2.45) is 0 Å². The van der Waals surface area contributed by atoms with Crippen molar-refractivity contribution in [3.05, 3.63) is 46.2 Å². The molecule has 4 rings (SSSR count). The molecular formula is C24H27NO7. The number of morpholine rings is 1. The number of fused-ring (bicyclic) bond motifs is 1. The van der Waals surface area contributed by atoms with Gasteiger partial charge in [0.15, 0.2) is 17.3 Å². The molecule has 0 spiro atoms. The van der Waals surface area contributed by atoms with Gasteiger partial charge in [0.05, 0.1) is 45.7 Å². The Morgan fingerprint density at radius 1 is 1.09 bits per heavy atom. The van der Waals surface area contributed by atoms with E-state index in [4.69, 9.17) is 23.7 Å². The number of aryl methyl sites for hydroxylation is 1. The van der Waals surface area contributed by atoms with E-state index in [1.807, 2.05) is 0 Å². The molecule has 2 aliphatic heterocycles. The van der Waals surface area contributed by atoms with Gasteiger partial charge in [-0.2, -0.15) is 0 Å². The van der Waals surface area contributed by atoms with Gasteiger partial charge in [0, 0.05) is 25.2 Å². The first-order valence-electron chi connectivity index (χ1n) is 10.4. The molecule has 0 atom stereocenters. The lowest BCUT2D eigenvalue weighted by atomic mass is 9.99. The Morgan fingerprint density at radius 3 is 2.47 bits per heavy atom. The van der Waals surface area contributed by atoms with E-state index in [9.17, 15) is 9.90 Å². The molecule has 0 aliphatic carbocycles. The van der Waals surface area contributed by atoms with Crippen molar-refractivity contribution >= 4 is 11.9 Å². The van der Waals surface area contributed by atoms with Crippen LogP contribution >= 0.6 is 0 Å². The molecule has 1 saturated heterocycles. The number of phenols is 1. The van der Waals surface area contributed by atoms with Crippen LogP contribution in [0.1, 0.15) is 27.0 Å². The summed E-state index contributed by atoms with van der Waals surface area (Å²) in [6, 6.07) is 5.13. The maximum absolute atomic E-state index is 13.2.